The number of hydrogen-bond donors (Lipinski definition) is 12. The molecule has 2 aromatic heterocycles. The number of nitrogens with one attached hydrogen (secondary N) is 5. The molecule has 0 saturated carbocycles. The Labute approximate surface area is 398 Å². The summed E-state index contributed by atoms with van der Waals surface area (Å²) >= 11 is 0. The number of aliphatic carboxylic acids is 5. The number of nitrogens with zero attached hydrogens (tertiary/aromatic N) is 2. The molecule has 26 heteroatoms. The highest BCUT2D eigenvalue weighted by Gasteiger charge is 2.35. The van der Waals surface area contributed by atoms with Gasteiger partial charge in [0, 0.05) is 35.0 Å². The van der Waals surface area contributed by atoms with Gasteiger partial charge in [0.2, 0.25) is 35.4 Å². The third-order valence-electron chi connectivity index (χ3n) is 10.5. The number of pyridine rings is 2. The van der Waals surface area contributed by atoms with E-state index in [2.05, 4.69) is 20.6 Å². The zero-order valence-electron chi connectivity index (χ0n) is 37.7. The molecule has 2 heterocycles. The van der Waals surface area contributed by atoms with Crippen molar-refractivity contribution in [2.75, 3.05) is 13.2 Å². The molecule has 0 radical (unpaired) electrons. The molecule has 0 bridgehead atoms. The number of rotatable bonds is 33. The second-order valence-electron chi connectivity index (χ2n) is 16.0. The van der Waals surface area contributed by atoms with Gasteiger partial charge in [-0.3, -0.25) is 48.1 Å². The molecule has 1 aromatic carbocycles. The van der Waals surface area contributed by atoms with E-state index >= 15 is 0 Å². The van der Waals surface area contributed by atoms with Crippen molar-refractivity contribution in [3.8, 4) is 5.88 Å². The van der Waals surface area contributed by atoms with E-state index in [1.54, 1.807) is 29.8 Å². The monoisotopic (exact) mass is 984 g/mol. The van der Waals surface area contributed by atoms with Crippen molar-refractivity contribution in [3.05, 3.63) is 42.2 Å². The second kappa shape index (κ2) is 28.3. The Kier molecular flexibility index (Phi) is 22.8. The fraction of sp³-hybridized carbons (Fsp3) is 0.477. The van der Waals surface area contributed by atoms with Crippen LogP contribution in [0.2, 0.25) is 0 Å². The number of carboxylic acids is 6. The van der Waals surface area contributed by atoms with Crippen molar-refractivity contribution in [2.45, 2.75) is 120 Å². The van der Waals surface area contributed by atoms with Crippen LogP contribution in [0.1, 0.15) is 100 Å². The van der Waals surface area contributed by atoms with Crippen molar-refractivity contribution in [3.63, 3.8) is 0 Å². The molecule has 3 rings (SSSR count). The van der Waals surface area contributed by atoms with Crippen molar-refractivity contribution in [1.82, 2.24) is 36.6 Å². The normalized spacial score (nSPS) is 13.1. The van der Waals surface area contributed by atoms with E-state index in [-0.39, 0.29) is 24.9 Å². The second-order valence-corrected chi connectivity index (χ2v) is 16.0. The highest BCUT2D eigenvalue weighted by molar-refractivity contribution is 6.09. The van der Waals surface area contributed by atoms with Crippen molar-refractivity contribution >= 4 is 87.0 Å². The zero-order chi connectivity index (χ0) is 51.9. The number of carbonyl (C=O) groups excluding carboxylic acids is 5. The number of benzene rings is 1. The predicted molar refractivity (Wildman–Crippen MR) is 241 cm³/mol. The molecule has 70 heavy (non-hydrogen) atoms. The molecule has 0 spiro atoms. The van der Waals surface area contributed by atoms with Gasteiger partial charge in [-0.15, -0.1) is 0 Å². The first kappa shape index (κ1) is 56.3. The fourth-order valence-corrected chi connectivity index (χ4v) is 6.97. The van der Waals surface area contributed by atoms with Crippen LogP contribution in [-0.4, -0.2) is 149 Å². The number of amides is 5. The molecule has 0 aliphatic carbocycles. The van der Waals surface area contributed by atoms with E-state index in [0.717, 1.165) is 35.4 Å². The first-order valence-electron chi connectivity index (χ1n) is 22.0. The Morgan fingerprint density at radius 3 is 1.56 bits per heavy atom. The molecule has 0 unspecified atom stereocenters. The number of carboxylic acid groups (broad SMARTS) is 6. The lowest BCUT2D eigenvalue weighted by atomic mass is 10.1. The molecule has 380 valence electrons. The van der Waals surface area contributed by atoms with E-state index in [4.69, 9.17) is 15.6 Å². The quantitative estimate of drug-likeness (QED) is 0.0285. The standard InChI is InChI=1S/C44H56N8O18/c45-14-7-6-9-27(47-33(53)10-5-3-1-2-4-8-16-70-42-25-13-15-46-22-26(25)24-12-11-23(43(66)67)17-28(24)52-42)38(62)48-29(18-34(54)55)39(63)49-30(19-35(56)57)40(64)50-31(20-36(58)59)41(65)51-32(44(68)69)21-37(60)61/h11-13,15,17,22,27,29-32H,1-10,14,16,18-21,45H2,(H,47,53)(H,48,62)(H,49,63)(H,50,64)(H,51,65)(H,54,55)(H,56,57)(H,58,59)(H,60,61)(H,66,67)(H,68,69)/t27-,29-,30-,31-,32-/m0/s1. The van der Waals surface area contributed by atoms with Gasteiger partial charge in [0.05, 0.1) is 43.4 Å². The first-order valence-corrected chi connectivity index (χ1v) is 22.0. The number of fused-ring (bicyclic) bond motifs is 3. The summed E-state index contributed by atoms with van der Waals surface area (Å²) in [5, 5.41) is 68.6. The number of ether oxygens (including phenoxy) is 1. The molecule has 0 aliphatic rings. The number of nitrogens with two attached hydrogens (primary N) is 1. The van der Waals surface area contributed by atoms with Gasteiger partial charge in [0.25, 0.3) is 0 Å². The third-order valence-corrected chi connectivity index (χ3v) is 10.5. The van der Waals surface area contributed by atoms with E-state index < -0.39 is 121 Å². The van der Waals surface area contributed by atoms with Gasteiger partial charge in [0.15, 0.2) is 0 Å². The van der Waals surface area contributed by atoms with Gasteiger partial charge >= 0.3 is 35.8 Å². The number of hydrogen-bond acceptors (Lipinski definition) is 15. The van der Waals surface area contributed by atoms with E-state index in [9.17, 15) is 78.3 Å². The number of unbranched alkanes of at least 4 members (excludes halogenated alkanes) is 6. The zero-order valence-corrected chi connectivity index (χ0v) is 37.7. The Bertz CT molecular complexity index is 2410. The Morgan fingerprint density at radius 2 is 1.04 bits per heavy atom. The van der Waals surface area contributed by atoms with Crippen LogP contribution < -0.4 is 37.1 Å². The summed E-state index contributed by atoms with van der Waals surface area (Å²) in [4.78, 5) is 144. The molecule has 3 aromatic rings. The smallest absolute Gasteiger partial charge is 0.335 e. The Hall–Kier alpha value is -8.03. The third kappa shape index (κ3) is 18.9. The lowest BCUT2D eigenvalue weighted by Gasteiger charge is -2.25. The summed E-state index contributed by atoms with van der Waals surface area (Å²) in [5.74, 6) is -15.2. The molecule has 0 saturated heterocycles. The minimum atomic E-state index is -2.14. The van der Waals surface area contributed by atoms with E-state index in [1.807, 2.05) is 10.6 Å². The van der Waals surface area contributed by atoms with Gasteiger partial charge in [0.1, 0.15) is 30.2 Å². The Balaban J connectivity index is 1.57. The Morgan fingerprint density at radius 1 is 0.543 bits per heavy atom. The summed E-state index contributed by atoms with van der Waals surface area (Å²) < 4.78 is 6.00. The first-order chi connectivity index (χ1) is 33.2. The van der Waals surface area contributed by atoms with Crippen molar-refractivity contribution < 1.29 is 88.1 Å². The molecule has 5 atom stereocenters. The lowest BCUT2D eigenvalue weighted by Crippen LogP contribution is -2.59. The van der Waals surface area contributed by atoms with Crippen LogP contribution in [0, 0.1) is 0 Å². The maximum atomic E-state index is 13.5. The SMILES string of the molecule is NCCCC[C@H](NC(=O)CCCCCCCCOc1nc2cc(C(=O)O)ccc2c2cnccc12)C(=O)N[C@@H](CC(=O)O)C(=O)N[C@@H](CC(=O)O)C(=O)N[C@@H](CC(=O)O)C(=O)N[C@@H](CC(=O)O)C(=O)O. The number of aromatic nitrogens is 2. The number of carbonyl (C=O) groups is 11. The van der Waals surface area contributed by atoms with Gasteiger partial charge < -0.3 is 67.7 Å². The molecule has 13 N–H and O–H groups in total. The maximum absolute atomic E-state index is 13.5. The van der Waals surface area contributed by atoms with Gasteiger partial charge in [-0.1, -0.05) is 31.7 Å². The average Bonchev–Trinajstić information content (AvgIpc) is 3.28. The topological polar surface area (TPSA) is 430 Å². The van der Waals surface area contributed by atoms with Crippen LogP contribution in [-0.2, 0) is 47.9 Å². The highest BCUT2D eigenvalue weighted by atomic mass is 16.5. The van der Waals surface area contributed by atoms with Gasteiger partial charge in [-0.25, -0.2) is 14.6 Å². The summed E-state index contributed by atoms with van der Waals surface area (Å²) in [7, 11) is 0. The molecule has 0 aliphatic heterocycles. The van der Waals surface area contributed by atoms with Crippen LogP contribution in [0.3, 0.4) is 0 Å². The summed E-state index contributed by atoms with van der Waals surface area (Å²) in [6, 6.07) is -3.20. The molecule has 5 amide bonds. The van der Waals surface area contributed by atoms with E-state index in [1.165, 1.54) is 12.1 Å². The highest BCUT2D eigenvalue weighted by Crippen LogP contribution is 2.31. The van der Waals surface area contributed by atoms with Crippen LogP contribution in [0.15, 0.2) is 36.7 Å². The lowest BCUT2D eigenvalue weighted by molar-refractivity contribution is -0.148. The summed E-state index contributed by atoms with van der Waals surface area (Å²) in [6.45, 7) is 0.566. The summed E-state index contributed by atoms with van der Waals surface area (Å²) in [6.07, 6.45) is 3.43. The maximum Gasteiger partial charge on any atom is 0.335 e. The fourth-order valence-electron chi connectivity index (χ4n) is 6.97. The van der Waals surface area contributed by atoms with Crippen molar-refractivity contribution in [2.24, 2.45) is 5.73 Å². The van der Waals surface area contributed by atoms with E-state index in [0.29, 0.717) is 50.1 Å². The molecular weight excluding hydrogens is 929 g/mol. The largest absolute Gasteiger partial charge is 0.481 e. The molecular formula is C44H56N8O18. The van der Waals surface area contributed by atoms with Gasteiger partial charge in [-0.2, -0.15) is 0 Å². The van der Waals surface area contributed by atoms with Crippen molar-refractivity contribution in [1.29, 1.82) is 0 Å². The van der Waals surface area contributed by atoms with Crippen LogP contribution in [0.25, 0.3) is 21.7 Å². The van der Waals surface area contributed by atoms with Crippen LogP contribution >= 0.6 is 0 Å². The number of aromatic carboxylic acids is 1. The minimum absolute atomic E-state index is 0.00533. The average molecular weight is 985 g/mol. The van der Waals surface area contributed by atoms with Gasteiger partial charge in [-0.05, 0) is 56.8 Å². The molecule has 0 fully saturated rings. The minimum Gasteiger partial charge on any atom is -0.481 e. The van der Waals surface area contributed by atoms with Crippen LogP contribution in [0.4, 0.5) is 0 Å². The van der Waals surface area contributed by atoms with Crippen LogP contribution in [0.5, 0.6) is 5.88 Å². The molecule has 26 nitrogen and oxygen atoms in total. The summed E-state index contributed by atoms with van der Waals surface area (Å²) in [5.41, 5.74) is 6.14. The predicted octanol–water partition coefficient (Wildman–Crippen LogP) is 0.127.